The van der Waals surface area contributed by atoms with Crippen molar-refractivity contribution in [1.82, 2.24) is 4.98 Å². The van der Waals surface area contributed by atoms with Gasteiger partial charge >= 0.3 is 0 Å². The van der Waals surface area contributed by atoms with Crippen LogP contribution >= 0.6 is 11.6 Å². The molecule has 0 saturated heterocycles. The van der Waals surface area contributed by atoms with Gasteiger partial charge in [0.1, 0.15) is 17.5 Å². The molecule has 104 valence electrons. The number of aromatic nitrogens is 1. The van der Waals surface area contributed by atoms with E-state index in [2.05, 4.69) is 15.6 Å². The minimum atomic E-state index is -0.653. The van der Waals surface area contributed by atoms with Crippen LogP contribution in [0.1, 0.15) is 10.4 Å². The number of carbonyl (C=O) groups is 1. The topological polar surface area (TPSA) is 54.0 Å². The van der Waals surface area contributed by atoms with Gasteiger partial charge in [-0.05, 0) is 24.3 Å². The van der Waals surface area contributed by atoms with Crippen molar-refractivity contribution in [2.45, 2.75) is 0 Å². The highest BCUT2D eigenvalue weighted by Gasteiger charge is 2.15. The van der Waals surface area contributed by atoms with E-state index in [0.717, 1.165) is 18.3 Å². The Morgan fingerprint density at radius 1 is 1.25 bits per heavy atom. The molecule has 20 heavy (non-hydrogen) atoms. The van der Waals surface area contributed by atoms with Crippen LogP contribution in [0, 0.1) is 11.6 Å². The van der Waals surface area contributed by atoms with E-state index >= 15 is 0 Å². The van der Waals surface area contributed by atoms with Crippen LogP contribution in [0.5, 0.6) is 0 Å². The third kappa shape index (κ3) is 3.03. The van der Waals surface area contributed by atoms with E-state index in [4.69, 9.17) is 11.6 Å². The number of anilines is 2. The van der Waals surface area contributed by atoms with Crippen LogP contribution in [-0.4, -0.2) is 17.9 Å². The number of benzene rings is 1. The van der Waals surface area contributed by atoms with E-state index in [-0.39, 0.29) is 22.1 Å². The number of carbonyl (C=O) groups excluding carboxylic acids is 1. The second kappa shape index (κ2) is 5.83. The number of halogens is 3. The van der Waals surface area contributed by atoms with Crippen LogP contribution in [0.4, 0.5) is 20.3 Å². The van der Waals surface area contributed by atoms with E-state index < -0.39 is 17.5 Å². The fraction of sp³-hybridized carbons (Fsp3) is 0.0769. The van der Waals surface area contributed by atoms with Gasteiger partial charge in [0.05, 0.1) is 22.5 Å². The number of nitrogens with one attached hydrogen (secondary N) is 2. The number of hydrogen-bond donors (Lipinski definition) is 2. The first-order valence-electron chi connectivity index (χ1n) is 5.61. The summed E-state index contributed by atoms with van der Waals surface area (Å²) in [6, 6.07) is 4.59. The van der Waals surface area contributed by atoms with Crippen molar-refractivity contribution < 1.29 is 13.6 Å². The first kappa shape index (κ1) is 14.2. The molecule has 4 nitrogen and oxygen atoms in total. The summed E-state index contributed by atoms with van der Waals surface area (Å²) in [7, 11) is 1.55. The molecule has 1 aromatic carbocycles. The standard InChI is InChI=1S/C13H10ClF2N3O/c1-17-12-9(4-8(16)6-18-12)13(20)19-11-5-7(15)2-3-10(11)14/h2-6H,1H3,(H,17,18)(H,19,20). The Morgan fingerprint density at radius 2 is 2.00 bits per heavy atom. The maximum atomic E-state index is 13.2. The molecular weight excluding hydrogens is 288 g/mol. The zero-order chi connectivity index (χ0) is 14.7. The molecular formula is C13H10ClF2N3O. The number of amides is 1. The van der Waals surface area contributed by atoms with Gasteiger partial charge in [-0.3, -0.25) is 4.79 Å². The van der Waals surface area contributed by atoms with Crippen molar-refractivity contribution in [3.05, 3.63) is 52.7 Å². The average molecular weight is 298 g/mol. The Hall–Kier alpha value is -2.21. The van der Waals surface area contributed by atoms with Crippen LogP contribution in [0.15, 0.2) is 30.5 Å². The van der Waals surface area contributed by atoms with Crippen molar-refractivity contribution >= 4 is 29.0 Å². The SMILES string of the molecule is CNc1ncc(F)cc1C(=O)Nc1cc(F)ccc1Cl. The lowest BCUT2D eigenvalue weighted by Crippen LogP contribution is -2.15. The molecule has 0 aliphatic rings. The Labute approximate surface area is 118 Å². The van der Waals surface area contributed by atoms with E-state index in [1.807, 2.05) is 0 Å². The highest BCUT2D eigenvalue weighted by Crippen LogP contribution is 2.24. The van der Waals surface area contributed by atoms with E-state index in [1.54, 1.807) is 7.05 Å². The molecule has 0 saturated carbocycles. The second-order valence-electron chi connectivity index (χ2n) is 3.88. The van der Waals surface area contributed by atoms with Crippen molar-refractivity contribution in [3.63, 3.8) is 0 Å². The molecule has 0 bridgehead atoms. The zero-order valence-electron chi connectivity index (χ0n) is 10.4. The summed E-state index contributed by atoms with van der Waals surface area (Å²) >= 11 is 5.85. The van der Waals surface area contributed by atoms with Gasteiger partial charge in [-0.25, -0.2) is 13.8 Å². The van der Waals surface area contributed by atoms with Gasteiger partial charge in [0.15, 0.2) is 0 Å². The number of pyridine rings is 1. The minimum Gasteiger partial charge on any atom is -0.372 e. The van der Waals surface area contributed by atoms with Crippen molar-refractivity contribution in [1.29, 1.82) is 0 Å². The predicted octanol–water partition coefficient (Wildman–Crippen LogP) is 3.31. The van der Waals surface area contributed by atoms with E-state index in [1.165, 1.54) is 12.1 Å². The number of hydrogen-bond acceptors (Lipinski definition) is 3. The third-order valence-corrected chi connectivity index (χ3v) is 2.84. The summed E-state index contributed by atoms with van der Waals surface area (Å²) in [5.41, 5.74) is 0.0933. The van der Waals surface area contributed by atoms with Gasteiger partial charge in [-0.1, -0.05) is 11.6 Å². The molecule has 7 heteroatoms. The highest BCUT2D eigenvalue weighted by atomic mass is 35.5. The van der Waals surface area contributed by atoms with Crippen LogP contribution < -0.4 is 10.6 Å². The minimum absolute atomic E-state index is 0.00664. The zero-order valence-corrected chi connectivity index (χ0v) is 11.1. The largest absolute Gasteiger partial charge is 0.372 e. The molecule has 2 aromatic rings. The highest BCUT2D eigenvalue weighted by molar-refractivity contribution is 6.34. The Balaban J connectivity index is 2.32. The molecule has 1 amide bonds. The Bertz CT molecular complexity index is 664. The van der Waals surface area contributed by atoms with Crippen LogP contribution in [0.3, 0.4) is 0 Å². The lowest BCUT2D eigenvalue weighted by atomic mass is 10.2. The first-order chi connectivity index (χ1) is 9.51. The molecule has 2 N–H and O–H groups in total. The van der Waals surface area contributed by atoms with Crippen LogP contribution in [0.25, 0.3) is 0 Å². The summed E-state index contributed by atoms with van der Waals surface area (Å²) in [6.45, 7) is 0. The van der Waals surface area contributed by atoms with Gasteiger partial charge in [-0.2, -0.15) is 0 Å². The monoisotopic (exact) mass is 297 g/mol. The summed E-state index contributed by atoms with van der Waals surface area (Å²) in [5, 5.41) is 5.26. The van der Waals surface area contributed by atoms with E-state index in [0.29, 0.717) is 0 Å². The molecule has 2 rings (SSSR count). The van der Waals surface area contributed by atoms with Crippen molar-refractivity contribution in [2.24, 2.45) is 0 Å². The Morgan fingerprint density at radius 3 is 2.70 bits per heavy atom. The third-order valence-electron chi connectivity index (χ3n) is 2.51. The van der Waals surface area contributed by atoms with Gasteiger partial charge in [0, 0.05) is 7.05 Å². The number of nitrogens with zero attached hydrogens (tertiary/aromatic N) is 1. The van der Waals surface area contributed by atoms with Crippen LogP contribution in [-0.2, 0) is 0 Å². The van der Waals surface area contributed by atoms with Gasteiger partial charge in [-0.15, -0.1) is 0 Å². The molecule has 0 unspecified atom stereocenters. The van der Waals surface area contributed by atoms with Gasteiger partial charge in [0.2, 0.25) is 0 Å². The van der Waals surface area contributed by atoms with Crippen molar-refractivity contribution in [2.75, 3.05) is 17.7 Å². The maximum absolute atomic E-state index is 13.2. The predicted molar refractivity (Wildman–Crippen MR) is 73.1 cm³/mol. The molecule has 0 spiro atoms. The quantitative estimate of drug-likeness (QED) is 0.914. The lowest BCUT2D eigenvalue weighted by Gasteiger charge is -2.10. The van der Waals surface area contributed by atoms with Crippen molar-refractivity contribution in [3.8, 4) is 0 Å². The normalized spacial score (nSPS) is 10.2. The second-order valence-corrected chi connectivity index (χ2v) is 4.29. The smallest absolute Gasteiger partial charge is 0.259 e. The van der Waals surface area contributed by atoms with Gasteiger partial charge < -0.3 is 10.6 Å². The summed E-state index contributed by atoms with van der Waals surface area (Å²) < 4.78 is 26.3. The van der Waals surface area contributed by atoms with E-state index in [9.17, 15) is 13.6 Å². The maximum Gasteiger partial charge on any atom is 0.259 e. The molecule has 0 radical (unpaired) electrons. The average Bonchev–Trinajstić information content (AvgIpc) is 2.42. The molecule has 0 fully saturated rings. The first-order valence-corrected chi connectivity index (χ1v) is 5.98. The van der Waals surface area contributed by atoms with Crippen LogP contribution in [0.2, 0.25) is 5.02 Å². The molecule has 1 aromatic heterocycles. The summed E-state index contributed by atoms with van der Waals surface area (Å²) in [5.74, 6) is -1.64. The molecule has 0 aliphatic carbocycles. The fourth-order valence-corrected chi connectivity index (χ4v) is 1.76. The fourth-order valence-electron chi connectivity index (χ4n) is 1.59. The molecule has 0 atom stereocenters. The lowest BCUT2D eigenvalue weighted by molar-refractivity contribution is 0.102. The summed E-state index contributed by atoms with van der Waals surface area (Å²) in [4.78, 5) is 15.8. The van der Waals surface area contributed by atoms with Gasteiger partial charge in [0.25, 0.3) is 5.91 Å². The molecule has 1 heterocycles. The number of rotatable bonds is 3. The Kier molecular flexibility index (Phi) is 4.14. The molecule has 0 aliphatic heterocycles. The summed E-state index contributed by atoms with van der Waals surface area (Å²) in [6.07, 6.45) is 0.984.